The number of aryl methyl sites for hydroxylation is 1. The first kappa shape index (κ1) is 13.3. The Morgan fingerprint density at radius 2 is 2.11 bits per heavy atom. The number of nitrogens with one attached hydrogen (secondary N) is 1. The van der Waals surface area contributed by atoms with E-state index in [1.807, 2.05) is 31.2 Å². The number of carbonyl (C=O) groups excluding carboxylic acids is 1. The quantitative estimate of drug-likeness (QED) is 0.859. The summed E-state index contributed by atoms with van der Waals surface area (Å²) in [6.45, 7) is 2.03. The number of primary amides is 1. The first-order chi connectivity index (χ1) is 8.59. The van der Waals surface area contributed by atoms with Crippen LogP contribution in [-0.4, -0.2) is 23.0 Å². The minimum absolute atomic E-state index is 0.0197. The van der Waals surface area contributed by atoms with Crippen molar-refractivity contribution in [1.29, 1.82) is 0 Å². The lowest BCUT2D eigenvalue weighted by atomic mass is 9.78. The maximum Gasteiger partial charge on any atom is 0.241 e. The van der Waals surface area contributed by atoms with Crippen LogP contribution in [0.3, 0.4) is 0 Å². The SMILES string of the molecule is CSC1(C(Nc2ccccc2C)C(N)=O)CCC1. The lowest BCUT2D eigenvalue weighted by Gasteiger charge is -2.45. The summed E-state index contributed by atoms with van der Waals surface area (Å²) in [5.41, 5.74) is 7.73. The average molecular weight is 264 g/mol. The third kappa shape index (κ3) is 2.34. The zero-order chi connectivity index (χ0) is 13.2. The molecule has 1 aromatic rings. The molecule has 4 heteroatoms. The summed E-state index contributed by atoms with van der Waals surface area (Å²) in [6.07, 6.45) is 5.36. The smallest absolute Gasteiger partial charge is 0.241 e. The molecular weight excluding hydrogens is 244 g/mol. The van der Waals surface area contributed by atoms with E-state index in [2.05, 4.69) is 11.6 Å². The molecule has 1 aromatic carbocycles. The molecule has 3 nitrogen and oxygen atoms in total. The second-order valence-corrected chi connectivity index (χ2v) is 6.14. The van der Waals surface area contributed by atoms with Crippen molar-refractivity contribution in [1.82, 2.24) is 0 Å². The van der Waals surface area contributed by atoms with Gasteiger partial charge in [-0.2, -0.15) is 11.8 Å². The molecule has 0 spiro atoms. The third-order valence-corrected chi connectivity index (χ3v) is 5.32. The largest absolute Gasteiger partial charge is 0.372 e. The lowest BCUT2D eigenvalue weighted by Crippen LogP contribution is -2.55. The highest BCUT2D eigenvalue weighted by molar-refractivity contribution is 8.00. The van der Waals surface area contributed by atoms with Crippen LogP contribution in [0.5, 0.6) is 0 Å². The van der Waals surface area contributed by atoms with Gasteiger partial charge in [-0.1, -0.05) is 24.6 Å². The predicted molar refractivity (Wildman–Crippen MR) is 77.9 cm³/mol. The molecule has 2 rings (SSSR count). The fourth-order valence-corrected chi connectivity index (χ4v) is 3.60. The molecule has 0 bridgehead atoms. The van der Waals surface area contributed by atoms with Gasteiger partial charge in [-0.25, -0.2) is 0 Å². The summed E-state index contributed by atoms with van der Waals surface area (Å²) in [4.78, 5) is 11.8. The monoisotopic (exact) mass is 264 g/mol. The second kappa shape index (κ2) is 5.22. The van der Waals surface area contributed by atoms with Gasteiger partial charge in [-0.15, -0.1) is 0 Å². The van der Waals surface area contributed by atoms with Crippen LogP contribution in [0, 0.1) is 6.92 Å². The normalized spacial score (nSPS) is 18.8. The molecule has 3 N–H and O–H groups in total. The Morgan fingerprint density at radius 1 is 1.44 bits per heavy atom. The molecule has 0 radical (unpaired) electrons. The van der Waals surface area contributed by atoms with E-state index in [1.54, 1.807) is 11.8 Å². The number of anilines is 1. The molecule has 18 heavy (non-hydrogen) atoms. The summed E-state index contributed by atoms with van der Waals surface area (Å²) in [6, 6.07) is 7.71. The van der Waals surface area contributed by atoms with Crippen LogP contribution in [0.1, 0.15) is 24.8 Å². The zero-order valence-corrected chi connectivity index (χ0v) is 11.7. The molecule has 1 atom stereocenters. The van der Waals surface area contributed by atoms with Gasteiger partial charge in [0.15, 0.2) is 0 Å². The topological polar surface area (TPSA) is 55.1 Å². The molecule has 1 unspecified atom stereocenters. The van der Waals surface area contributed by atoms with Gasteiger partial charge < -0.3 is 11.1 Å². The van der Waals surface area contributed by atoms with Crippen molar-refractivity contribution in [2.24, 2.45) is 5.73 Å². The van der Waals surface area contributed by atoms with Crippen molar-refractivity contribution in [3.05, 3.63) is 29.8 Å². The van der Waals surface area contributed by atoms with Gasteiger partial charge in [0.05, 0.1) is 0 Å². The van der Waals surface area contributed by atoms with Crippen LogP contribution in [-0.2, 0) is 4.79 Å². The van der Waals surface area contributed by atoms with Crippen LogP contribution in [0.15, 0.2) is 24.3 Å². The molecule has 98 valence electrons. The molecule has 1 saturated carbocycles. The molecule has 0 heterocycles. The first-order valence-corrected chi connectivity index (χ1v) is 7.48. The molecule has 0 saturated heterocycles. The number of thioether (sulfide) groups is 1. The van der Waals surface area contributed by atoms with E-state index in [1.165, 1.54) is 6.42 Å². The summed E-state index contributed by atoms with van der Waals surface area (Å²) in [5.74, 6) is -0.257. The molecule has 0 aliphatic heterocycles. The highest BCUT2D eigenvalue weighted by atomic mass is 32.2. The second-order valence-electron chi connectivity index (χ2n) is 4.92. The Labute approximate surface area is 113 Å². The van der Waals surface area contributed by atoms with Gasteiger partial charge in [-0.3, -0.25) is 4.79 Å². The van der Waals surface area contributed by atoms with Crippen molar-refractivity contribution in [3.8, 4) is 0 Å². The lowest BCUT2D eigenvalue weighted by molar-refractivity contribution is -0.119. The van der Waals surface area contributed by atoms with Crippen LogP contribution >= 0.6 is 11.8 Å². The summed E-state index contributed by atoms with van der Waals surface area (Å²) in [7, 11) is 0. The van der Waals surface area contributed by atoms with Crippen molar-refractivity contribution in [2.45, 2.75) is 37.0 Å². The Bertz CT molecular complexity index is 438. The Morgan fingerprint density at radius 3 is 2.56 bits per heavy atom. The highest BCUT2D eigenvalue weighted by Crippen LogP contribution is 2.46. The van der Waals surface area contributed by atoms with Gasteiger partial charge in [0.2, 0.25) is 5.91 Å². The number of benzene rings is 1. The van der Waals surface area contributed by atoms with E-state index in [-0.39, 0.29) is 16.7 Å². The van der Waals surface area contributed by atoms with Crippen molar-refractivity contribution < 1.29 is 4.79 Å². The third-order valence-electron chi connectivity index (χ3n) is 3.86. The maximum absolute atomic E-state index is 11.8. The van der Waals surface area contributed by atoms with E-state index in [0.29, 0.717) is 0 Å². The Hall–Kier alpha value is -1.16. The van der Waals surface area contributed by atoms with Crippen molar-refractivity contribution in [2.75, 3.05) is 11.6 Å². The molecule has 0 aromatic heterocycles. The highest BCUT2D eigenvalue weighted by Gasteiger charge is 2.46. The number of amides is 1. The fraction of sp³-hybridized carbons (Fsp3) is 0.500. The number of para-hydroxylation sites is 1. The van der Waals surface area contributed by atoms with Gasteiger partial charge in [0.1, 0.15) is 6.04 Å². The molecule has 1 fully saturated rings. The van der Waals surface area contributed by atoms with Crippen LogP contribution in [0.4, 0.5) is 5.69 Å². The van der Waals surface area contributed by atoms with E-state index in [9.17, 15) is 4.79 Å². The summed E-state index contributed by atoms with van der Waals surface area (Å²) < 4.78 is -0.0197. The zero-order valence-electron chi connectivity index (χ0n) is 10.9. The number of rotatable bonds is 5. The summed E-state index contributed by atoms with van der Waals surface area (Å²) in [5, 5.41) is 3.35. The number of carbonyl (C=O) groups is 1. The fourth-order valence-electron chi connectivity index (χ4n) is 2.49. The van der Waals surface area contributed by atoms with Crippen molar-refractivity contribution in [3.63, 3.8) is 0 Å². The van der Waals surface area contributed by atoms with Gasteiger partial charge in [0, 0.05) is 10.4 Å². The van der Waals surface area contributed by atoms with E-state index >= 15 is 0 Å². The van der Waals surface area contributed by atoms with E-state index in [4.69, 9.17) is 5.73 Å². The predicted octanol–water partition coefficient (Wildman–Crippen LogP) is 2.55. The maximum atomic E-state index is 11.8. The number of nitrogens with two attached hydrogens (primary N) is 1. The standard InChI is InChI=1S/C14H20N2OS/c1-10-6-3-4-7-11(10)16-12(13(15)17)14(18-2)8-5-9-14/h3-4,6-7,12,16H,5,8-9H2,1-2H3,(H2,15,17). The molecular formula is C14H20N2OS. The van der Waals surface area contributed by atoms with Gasteiger partial charge >= 0.3 is 0 Å². The molecule has 1 aliphatic rings. The van der Waals surface area contributed by atoms with Crippen LogP contribution in [0.2, 0.25) is 0 Å². The van der Waals surface area contributed by atoms with Crippen molar-refractivity contribution >= 4 is 23.4 Å². The number of hydrogen-bond acceptors (Lipinski definition) is 3. The molecule has 1 amide bonds. The average Bonchev–Trinajstić information content (AvgIpc) is 2.29. The van der Waals surface area contributed by atoms with Crippen LogP contribution in [0.25, 0.3) is 0 Å². The van der Waals surface area contributed by atoms with Crippen LogP contribution < -0.4 is 11.1 Å². The first-order valence-electron chi connectivity index (χ1n) is 6.26. The van der Waals surface area contributed by atoms with E-state index in [0.717, 1.165) is 24.1 Å². The minimum Gasteiger partial charge on any atom is -0.372 e. The Kier molecular flexibility index (Phi) is 3.85. The van der Waals surface area contributed by atoms with Gasteiger partial charge in [-0.05, 0) is 37.7 Å². The number of hydrogen-bond donors (Lipinski definition) is 2. The van der Waals surface area contributed by atoms with E-state index < -0.39 is 0 Å². The van der Waals surface area contributed by atoms with Gasteiger partial charge in [0.25, 0.3) is 0 Å². The molecule has 1 aliphatic carbocycles. The Balaban J connectivity index is 2.22. The minimum atomic E-state index is -0.289. The summed E-state index contributed by atoms with van der Waals surface area (Å²) >= 11 is 1.76.